The molecule has 0 aliphatic rings. The van der Waals surface area contributed by atoms with Crippen molar-refractivity contribution in [1.29, 1.82) is 0 Å². The molecule has 2 rings (SSSR count). The predicted molar refractivity (Wildman–Crippen MR) is 115 cm³/mol. The summed E-state index contributed by atoms with van der Waals surface area (Å²) in [5, 5.41) is 0.675. The lowest BCUT2D eigenvalue weighted by Gasteiger charge is -2.19. The molecule has 0 spiro atoms. The maximum absolute atomic E-state index is 6.49. The van der Waals surface area contributed by atoms with Crippen LogP contribution in [0.2, 0.25) is 5.02 Å². The molecule has 0 bridgehead atoms. The van der Waals surface area contributed by atoms with Crippen LogP contribution < -0.4 is 10.6 Å². The van der Waals surface area contributed by atoms with Crippen LogP contribution in [0.3, 0.4) is 0 Å². The molecule has 0 aromatic heterocycles. The zero-order valence-corrected chi connectivity index (χ0v) is 17.4. The van der Waals surface area contributed by atoms with Gasteiger partial charge < -0.3 is 10.6 Å². The summed E-state index contributed by atoms with van der Waals surface area (Å²) in [6, 6.07) is 12.4. The Hall–Kier alpha value is -1.36. The third-order valence-electron chi connectivity index (χ3n) is 4.00. The molecule has 2 N–H and O–H groups in total. The standard InChI is InChI=1S/C19H24ClN3S.ClH/c1-5-13-8-7-9-15(10-13)23(3)19(21)22-17-12-16(24-4)11-14(6-2)18(17)20;/h7-12H,5-6H2,1-4H3,(H2,21,22);1H. The summed E-state index contributed by atoms with van der Waals surface area (Å²) in [4.78, 5) is 7.60. The van der Waals surface area contributed by atoms with Gasteiger partial charge in [-0.2, -0.15) is 0 Å². The molecule has 0 radical (unpaired) electrons. The second kappa shape index (κ2) is 9.95. The number of anilines is 1. The number of guanidine groups is 1. The van der Waals surface area contributed by atoms with Crippen LogP contribution >= 0.6 is 35.8 Å². The second-order valence-electron chi connectivity index (χ2n) is 5.53. The van der Waals surface area contributed by atoms with Gasteiger partial charge in [-0.05, 0) is 54.5 Å². The molecule has 2 aromatic rings. The van der Waals surface area contributed by atoms with Crippen LogP contribution in [0.15, 0.2) is 46.3 Å². The number of benzene rings is 2. The van der Waals surface area contributed by atoms with Gasteiger partial charge >= 0.3 is 0 Å². The summed E-state index contributed by atoms with van der Waals surface area (Å²) >= 11 is 8.17. The Morgan fingerprint density at radius 2 is 1.92 bits per heavy atom. The molecule has 2 aromatic carbocycles. The highest BCUT2D eigenvalue weighted by Crippen LogP contribution is 2.34. The van der Waals surface area contributed by atoms with E-state index in [0.29, 0.717) is 11.0 Å². The first-order chi connectivity index (χ1) is 11.5. The van der Waals surface area contributed by atoms with E-state index in [-0.39, 0.29) is 12.4 Å². The van der Waals surface area contributed by atoms with Crippen LogP contribution in [0, 0.1) is 0 Å². The Morgan fingerprint density at radius 1 is 1.20 bits per heavy atom. The molecule has 3 nitrogen and oxygen atoms in total. The minimum atomic E-state index is 0. The maximum Gasteiger partial charge on any atom is 0.200 e. The SMILES string of the molecule is CCc1cccc(N(C)C(N)=Nc2cc(SC)cc(CC)c2Cl)c1.Cl. The van der Waals surface area contributed by atoms with E-state index in [1.807, 2.05) is 36.4 Å². The molecule has 0 unspecified atom stereocenters. The van der Waals surface area contributed by atoms with Gasteiger partial charge in [0, 0.05) is 17.6 Å². The molecule has 0 aliphatic heterocycles. The zero-order valence-electron chi connectivity index (χ0n) is 15.0. The number of halogens is 2. The van der Waals surface area contributed by atoms with E-state index in [1.54, 1.807) is 11.8 Å². The molecule has 6 heteroatoms. The number of hydrogen-bond donors (Lipinski definition) is 1. The van der Waals surface area contributed by atoms with Crippen molar-refractivity contribution in [3.63, 3.8) is 0 Å². The average Bonchev–Trinajstić information content (AvgIpc) is 2.62. The molecule has 0 fully saturated rings. The average molecular weight is 398 g/mol. The number of aryl methyl sites for hydroxylation is 2. The monoisotopic (exact) mass is 397 g/mol. The fourth-order valence-corrected chi connectivity index (χ4v) is 3.19. The van der Waals surface area contributed by atoms with Crippen molar-refractivity contribution in [2.45, 2.75) is 31.6 Å². The fraction of sp³-hybridized carbons (Fsp3) is 0.316. The van der Waals surface area contributed by atoms with E-state index < -0.39 is 0 Å². The second-order valence-corrected chi connectivity index (χ2v) is 6.78. The van der Waals surface area contributed by atoms with Crippen LogP contribution in [0.5, 0.6) is 0 Å². The van der Waals surface area contributed by atoms with E-state index in [4.69, 9.17) is 17.3 Å². The van der Waals surface area contributed by atoms with Gasteiger partial charge in [-0.3, -0.25) is 0 Å². The number of rotatable bonds is 5. The maximum atomic E-state index is 6.49. The quantitative estimate of drug-likeness (QED) is 0.400. The zero-order chi connectivity index (χ0) is 17.7. The van der Waals surface area contributed by atoms with Gasteiger partial charge in [0.2, 0.25) is 5.96 Å². The van der Waals surface area contributed by atoms with Gasteiger partial charge in [0.05, 0.1) is 10.7 Å². The highest BCUT2D eigenvalue weighted by molar-refractivity contribution is 7.98. The normalized spacial score (nSPS) is 11.2. The first-order valence-corrected chi connectivity index (χ1v) is 9.63. The Labute approximate surface area is 166 Å². The smallest absolute Gasteiger partial charge is 0.200 e. The van der Waals surface area contributed by atoms with Gasteiger partial charge in [-0.15, -0.1) is 24.2 Å². The van der Waals surface area contributed by atoms with E-state index in [9.17, 15) is 0 Å². The Morgan fingerprint density at radius 3 is 2.52 bits per heavy atom. The van der Waals surface area contributed by atoms with Crippen LogP contribution in [0.4, 0.5) is 11.4 Å². The molecular formula is C19H25Cl2N3S. The lowest BCUT2D eigenvalue weighted by molar-refractivity contribution is 1.12. The van der Waals surface area contributed by atoms with E-state index in [1.165, 1.54) is 5.56 Å². The molecule has 136 valence electrons. The molecule has 0 atom stereocenters. The Bertz CT molecular complexity index is 747. The summed E-state index contributed by atoms with van der Waals surface area (Å²) in [7, 11) is 1.92. The van der Waals surface area contributed by atoms with Crippen LogP contribution in [0.1, 0.15) is 25.0 Å². The van der Waals surface area contributed by atoms with Gasteiger partial charge in [-0.1, -0.05) is 37.6 Å². The highest BCUT2D eigenvalue weighted by atomic mass is 35.5. The number of nitrogens with two attached hydrogens (primary N) is 1. The van der Waals surface area contributed by atoms with Crippen molar-refractivity contribution in [3.8, 4) is 0 Å². The number of nitrogens with zero attached hydrogens (tertiary/aromatic N) is 2. The summed E-state index contributed by atoms with van der Waals surface area (Å²) in [6.45, 7) is 4.22. The Kier molecular flexibility index (Phi) is 8.63. The summed E-state index contributed by atoms with van der Waals surface area (Å²) < 4.78 is 0. The molecule has 0 saturated carbocycles. The first kappa shape index (κ1) is 21.7. The lowest BCUT2D eigenvalue weighted by Crippen LogP contribution is -2.33. The van der Waals surface area contributed by atoms with Crippen LogP contribution in [0.25, 0.3) is 0 Å². The molecule has 0 aliphatic carbocycles. The van der Waals surface area contributed by atoms with Gasteiger partial charge in [-0.25, -0.2) is 4.99 Å². The summed E-state index contributed by atoms with van der Waals surface area (Å²) in [6.07, 6.45) is 3.89. The van der Waals surface area contributed by atoms with Crippen LogP contribution in [-0.2, 0) is 12.8 Å². The van der Waals surface area contributed by atoms with Crippen molar-refractivity contribution >= 4 is 53.1 Å². The lowest BCUT2D eigenvalue weighted by atomic mass is 10.1. The van der Waals surface area contributed by atoms with Crippen molar-refractivity contribution in [3.05, 3.63) is 52.5 Å². The third-order valence-corrected chi connectivity index (χ3v) is 5.15. The van der Waals surface area contributed by atoms with E-state index in [0.717, 1.165) is 34.7 Å². The van der Waals surface area contributed by atoms with Crippen molar-refractivity contribution in [1.82, 2.24) is 0 Å². The number of aliphatic imine (C=N–C) groups is 1. The number of thioether (sulfide) groups is 1. The molecule has 0 saturated heterocycles. The van der Waals surface area contributed by atoms with E-state index >= 15 is 0 Å². The van der Waals surface area contributed by atoms with E-state index in [2.05, 4.69) is 37.0 Å². The summed E-state index contributed by atoms with van der Waals surface area (Å²) in [5.74, 6) is 0.422. The van der Waals surface area contributed by atoms with Crippen molar-refractivity contribution in [2.75, 3.05) is 18.2 Å². The fourth-order valence-electron chi connectivity index (χ4n) is 2.41. The third kappa shape index (κ3) is 5.30. The van der Waals surface area contributed by atoms with Gasteiger partial charge in [0.15, 0.2) is 0 Å². The summed E-state index contributed by atoms with van der Waals surface area (Å²) in [5.41, 5.74) is 10.3. The topological polar surface area (TPSA) is 41.6 Å². The molecule has 0 heterocycles. The van der Waals surface area contributed by atoms with Gasteiger partial charge in [0.25, 0.3) is 0 Å². The first-order valence-electron chi connectivity index (χ1n) is 8.03. The predicted octanol–water partition coefficient (Wildman–Crippen LogP) is 5.69. The van der Waals surface area contributed by atoms with Gasteiger partial charge in [0.1, 0.15) is 0 Å². The highest BCUT2D eigenvalue weighted by Gasteiger charge is 2.11. The molecule has 0 amide bonds. The number of hydrogen-bond acceptors (Lipinski definition) is 2. The van der Waals surface area contributed by atoms with Crippen molar-refractivity contribution < 1.29 is 0 Å². The van der Waals surface area contributed by atoms with Crippen molar-refractivity contribution in [2.24, 2.45) is 10.7 Å². The Balaban J connectivity index is 0.00000312. The largest absolute Gasteiger partial charge is 0.369 e. The minimum absolute atomic E-state index is 0. The molecule has 25 heavy (non-hydrogen) atoms. The molecular weight excluding hydrogens is 373 g/mol. The minimum Gasteiger partial charge on any atom is -0.369 e. The van der Waals surface area contributed by atoms with Crippen LogP contribution in [-0.4, -0.2) is 19.3 Å².